The van der Waals surface area contributed by atoms with Crippen LogP contribution in [0.3, 0.4) is 0 Å². The number of pyridine rings is 1. The number of esters is 1. The second kappa shape index (κ2) is 19.8. The quantitative estimate of drug-likeness (QED) is 0.174. The van der Waals surface area contributed by atoms with Crippen LogP contribution in [-0.2, 0) is 30.2 Å². The second-order valence-corrected chi connectivity index (χ2v) is 10.3. The molecule has 3 rings (SSSR count). The number of β-lactam (4-membered cyclic amide) rings is 1. The SMILES string of the molecule is CC.CC.CCOC(O)C1[C@@H](Cc2ccnc(NC(=O)OCOC(=O)C(C)C)c2)C(=O)N1C(=O)NC(C)C1CCCCC1. The van der Waals surface area contributed by atoms with Crippen molar-refractivity contribution in [1.82, 2.24) is 15.2 Å². The fraction of sp³-hybridized carbons (Fsp3) is 0.710. The van der Waals surface area contributed by atoms with Crippen LogP contribution in [0.5, 0.6) is 0 Å². The minimum atomic E-state index is -1.34. The summed E-state index contributed by atoms with van der Waals surface area (Å²) in [6.07, 6.45) is 4.99. The predicted molar refractivity (Wildman–Crippen MR) is 163 cm³/mol. The lowest BCUT2D eigenvalue weighted by Gasteiger charge is -2.47. The number of imide groups is 1. The highest BCUT2D eigenvalue weighted by Gasteiger charge is 2.54. The van der Waals surface area contributed by atoms with Crippen molar-refractivity contribution in [3.63, 3.8) is 0 Å². The van der Waals surface area contributed by atoms with Crippen LogP contribution in [0.4, 0.5) is 15.4 Å². The van der Waals surface area contributed by atoms with Crippen molar-refractivity contribution < 1.29 is 38.5 Å². The molecule has 1 aliphatic heterocycles. The third-order valence-electron chi connectivity index (χ3n) is 7.19. The molecule has 12 nitrogen and oxygen atoms in total. The molecule has 2 heterocycles. The van der Waals surface area contributed by atoms with E-state index in [2.05, 4.69) is 15.6 Å². The van der Waals surface area contributed by atoms with Crippen LogP contribution in [0.1, 0.15) is 93.1 Å². The number of nitrogens with one attached hydrogen (secondary N) is 2. The average Bonchev–Trinajstić information content (AvgIpc) is 3.00. The zero-order valence-corrected chi connectivity index (χ0v) is 27.1. The highest BCUT2D eigenvalue weighted by Crippen LogP contribution is 2.34. The summed E-state index contributed by atoms with van der Waals surface area (Å²) in [4.78, 5) is 54.8. The molecule has 244 valence electrons. The first-order chi connectivity index (χ1) is 20.6. The van der Waals surface area contributed by atoms with Crippen molar-refractivity contribution in [3.05, 3.63) is 23.9 Å². The number of aliphatic hydroxyl groups is 1. The van der Waals surface area contributed by atoms with Crippen LogP contribution in [0.2, 0.25) is 0 Å². The zero-order chi connectivity index (χ0) is 32.5. The van der Waals surface area contributed by atoms with E-state index >= 15 is 0 Å². The molecule has 1 saturated carbocycles. The van der Waals surface area contributed by atoms with Gasteiger partial charge in [0.1, 0.15) is 11.9 Å². The molecule has 43 heavy (non-hydrogen) atoms. The Balaban J connectivity index is 0.00000221. The Morgan fingerprint density at radius 1 is 1.07 bits per heavy atom. The summed E-state index contributed by atoms with van der Waals surface area (Å²) in [6.45, 7) is 14.7. The number of likely N-dealkylation sites (tertiary alicyclic amines) is 1. The molecule has 4 atom stereocenters. The molecule has 0 radical (unpaired) electrons. The van der Waals surface area contributed by atoms with Gasteiger partial charge in [-0.25, -0.2) is 14.6 Å². The van der Waals surface area contributed by atoms with Gasteiger partial charge in [-0.2, -0.15) is 0 Å². The number of urea groups is 1. The third kappa shape index (κ3) is 11.4. The minimum Gasteiger partial charge on any atom is -0.428 e. The van der Waals surface area contributed by atoms with Crippen molar-refractivity contribution in [2.24, 2.45) is 17.8 Å². The Kier molecular flexibility index (Phi) is 17.4. The smallest absolute Gasteiger partial charge is 0.415 e. The molecule has 2 aliphatic rings. The Bertz CT molecular complexity index is 1020. The van der Waals surface area contributed by atoms with Crippen molar-refractivity contribution in [1.29, 1.82) is 0 Å². The van der Waals surface area contributed by atoms with E-state index in [1.165, 1.54) is 12.6 Å². The van der Waals surface area contributed by atoms with Gasteiger partial charge in [0.15, 0.2) is 6.29 Å². The van der Waals surface area contributed by atoms with E-state index < -0.39 is 49.0 Å². The van der Waals surface area contributed by atoms with Gasteiger partial charge in [0.25, 0.3) is 0 Å². The molecule has 12 heteroatoms. The maximum atomic E-state index is 13.1. The van der Waals surface area contributed by atoms with Crippen LogP contribution in [0.15, 0.2) is 18.3 Å². The Morgan fingerprint density at radius 2 is 1.72 bits per heavy atom. The summed E-state index contributed by atoms with van der Waals surface area (Å²) in [7, 11) is 0. The molecule has 3 unspecified atom stereocenters. The summed E-state index contributed by atoms with van der Waals surface area (Å²) in [6, 6.07) is 1.76. The lowest BCUT2D eigenvalue weighted by atomic mass is 9.82. The summed E-state index contributed by atoms with van der Waals surface area (Å²) in [5.74, 6) is -1.44. The summed E-state index contributed by atoms with van der Waals surface area (Å²) in [5, 5.41) is 16.0. The van der Waals surface area contributed by atoms with E-state index in [9.17, 15) is 24.3 Å². The highest BCUT2D eigenvalue weighted by molar-refractivity contribution is 6.01. The van der Waals surface area contributed by atoms with Gasteiger partial charge in [0, 0.05) is 18.8 Å². The van der Waals surface area contributed by atoms with Gasteiger partial charge in [-0.1, -0.05) is 60.8 Å². The maximum Gasteiger partial charge on any atom is 0.415 e. The first kappa shape index (κ1) is 37.8. The molecule has 2 fully saturated rings. The maximum absolute atomic E-state index is 13.1. The molecule has 0 bridgehead atoms. The second-order valence-electron chi connectivity index (χ2n) is 10.3. The number of amides is 4. The minimum absolute atomic E-state index is 0.0861. The number of ether oxygens (including phenoxy) is 3. The van der Waals surface area contributed by atoms with Gasteiger partial charge in [0.2, 0.25) is 12.7 Å². The number of rotatable bonds is 11. The van der Waals surface area contributed by atoms with E-state index in [-0.39, 0.29) is 30.8 Å². The van der Waals surface area contributed by atoms with Crippen LogP contribution in [0.25, 0.3) is 0 Å². The molecule has 1 aromatic rings. The lowest BCUT2D eigenvalue weighted by Crippen LogP contribution is -2.70. The number of aromatic nitrogens is 1. The molecule has 3 N–H and O–H groups in total. The van der Waals surface area contributed by atoms with Crippen LogP contribution >= 0.6 is 0 Å². The monoisotopic (exact) mass is 608 g/mol. The van der Waals surface area contributed by atoms with Gasteiger partial charge >= 0.3 is 18.1 Å². The van der Waals surface area contributed by atoms with Crippen molar-refractivity contribution in [2.75, 3.05) is 18.7 Å². The number of anilines is 1. The van der Waals surface area contributed by atoms with E-state index in [4.69, 9.17) is 14.2 Å². The lowest BCUT2D eigenvalue weighted by molar-refractivity contribution is -0.190. The van der Waals surface area contributed by atoms with Gasteiger partial charge < -0.3 is 24.6 Å². The number of hydrogen-bond acceptors (Lipinski definition) is 9. The third-order valence-corrected chi connectivity index (χ3v) is 7.19. The standard InChI is InChI=1S/C27H40N4O8.2C2H6/c1-5-37-25(34)22-20(23(32)31(22)26(35)29-17(4)19-9-7-6-8-10-19)13-18-11-12-28-21(14-18)30-27(36)39-15-38-24(33)16(2)3;2*1-2/h11-12,14,16-17,19-20,22,25,34H,5-10,13,15H2,1-4H3,(H,29,35)(H,28,30,36);2*1-2H3/t17?,20-,22?,25?;;/m1../s1. The molecule has 4 amide bonds. The number of hydrogen-bond donors (Lipinski definition) is 3. The fourth-order valence-corrected chi connectivity index (χ4v) is 5.00. The van der Waals surface area contributed by atoms with Crippen LogP contribution in [-0.4, -0.2) is 70.8 Å². The Labute approximate surface area is 256 Å². The fourth-order valence-electron chi connectivity index (χ4n) is 5.00. The van der Waals surface area contributed by atoms with Gasteiger partial charge in [-0.15, -0.1) is 0 Å². The normalized spacial score (nSPS) is 19.4. The van der Waals surface area contributed by atoms with Crippen molar-refractivity contribution in [3.8, 4) is 0 Å². The molecular formula is C31H52N4O8. The molecular weight excluding hydrogens is 556 g/mol. The predicted octanol–water partition coefficient (Wildman–Crippen LogP) is 5.24. The van der Waals surface area contributed by atoms with Crippen molar-refractivity contribution >= 4 is 29.8 Å². The molecule has 0 aromatic carbocycles. The average molecular weight is 609 g/mol. The number of aliphatic hydroxyl groups excluding tert-OH is 1. The number of carbonyl (C=O) groups excluding carboxylic acids is 4. The first-order valence-corrected chi connectivity index (χ1v) is 15.6. The largest absolute Gasteiger partial charge is 0.428 e. The van der Waals surface area contributed by atoms with E-state index in [0.29, 0.717) is 11.5 Å². The Morgan fingerprint density at radius 3 is 2.33 bits per heavy atom. The Hall–Kier alpha value is -3.25. The van der Waals surface area contributed by atoms with Gasteiger partial charge in [-0.3, -0.25) is 19.8 Å². The van der Waals surface area contributed by atoms with E-state index in [1.54, 1.807) is 32.9 Å². The topological polar surface area (TPSA) is 156 Å². The van der Waals surface area contributed by atoms with Gasteiger partial charge in [-0.05, 0) is 56.7 Å². The molecule has 1 aromatic heterocycles. The van der Waals surface area contributed by atoms with E-state index in [0.717, 1.165) is 30.6 Å². The number of carbonyl (C=O) groups is 4. The molecule has 1 aliphatic carbocycles. The molecule has 0 spiro atoms. The van der Waals surface area contributed by atoms with Crippen LogP contribution in [0, 0.1) is 17.8 Å². The first-order valence-electron chi connectivity index (χ1n) is 15.6. The summed E-state index contributed by atoms with van der Waals surface area (Å²) < 4.78 is 15.0. The van der Waals surface area contributed by atoms with Crippen LogP contribution < -0.4 is 10.6 Å². The van der Waals surface area contributed by atoms with E-state index in [1.807, 2.05) is 34.6 Å². The summed E-state index contributed by atoms with van der Waals surface area (Å²) >= 11 is 0. The molecule has 1 saturated heterocycles. The van der Waals surface area contributed by atoms with Gasteiger partial charge in [0.05, 0.1) is 11.8 Å². The highest BCUT2D eigenvalue weighted by atomic mass is 16.7. The number of nitrogens with zero attached hydrogens (tertiary/aromatic N) is 2. The van der Waals surface area contributed by atoms with Crippen molar-refractivity contribution in [2.45, 2.75) is 112 Å². The zero-order valence-electron chi connectivity index (χ0n) is 27.1. The summed E-state index contributed by atoms with van der Waals surface area (Å²) in [5.41, 5.74) is 0.647.